The average molecular weight is 273 g/mol. The Kier molecular flexibility index (Phi) is 5.22. The van der Waals surface area contributed by atoms with Crippen LogP contribution in [-0.4, -0.2) is 31.0 Å². The first-order valence-corrected chi connectivity index (χ1v) is 7.27. The van der Waals surface area contributed by atoms with Gasteiger partial charge in [0, 0.05) is 13.0 Å². The molecular weight excluding hydrogens is 250 g/mol. The van der Waals surface area contributed by atoms with Crippen LogP contribution in [0.25, 0.3) is 0 Å². The molecular formula is C17H23NO2. The van der Waals surface area contributed by atoms with Crippen LogP contribution in [-0.2, 0) is 4.79 Å². The van der Waals surface area contributed by atoms with E-state index in [0.29, 0.717) is 13.2 Å². The molecule has 1 amide bonds. The normalized spacial score (nSPS) is 17.8. The van der Waals surface area contributed by atoms with Crippen LogP contribution in [0, 0.1) is 12.8 Å². The first-order valence-electron chi connectivity index (χ1n) is 7.27. The lowest BCUT2D eigenvalue weighted by molar-refractivity contribution is -0.134. The van der Waals surface area contributed by atoms with Crippen molar-refractivity contribution >= 4 is 5.91 Å². The number of ether oxygens (including phenoxy) is 1. The fourth-order valence-corrected chi connectivity index (χ4v) is 2.45. The number of likely N-dealkylation sites (N-methyl/N-ethyl adjacent to an activating group) is 1. The van der Waals surface area contributed by atoms with Crippen LogP contribution in [0.4, 0.5) is 0 Å². The van der Waals surface area contributed by atoms with Crippen molar-refractivity contribution in [1.82, 2.24) is 4.90 Å². The van der Waals surface area contributed by atoms with E-state index < -0.39 is 0 Å². The van der Waals surface area contributed by atoms with Gasteiger partial charge in [-0.3, -0.25) is 4.79 Å². The van der Waals surface area contributed by atoms with Crippen molar-refractivity contribution in [3.8, 4) is 5.75 Å². The van der Waals surface area contributed by atoms with Crippen LogP contribution >= 0.6 is 0 Å². The summed E-state index contributed by atoms with van der Waals surface area (Å²) in [5, 5.41) is 0. The molecule has 2 rings (SSSR count). The van der Waals surface area contributed by atoms with E-state index in [2.05, 4.69) is 12.2 Å². The van der Waals surface area contributed by atoms with Crippen molar-refractivity contribution in [2.75, 3.05) is 20.2 Å². The number of hydrogen-bond donors (Lipinski definition) is 0. The van der Waals surface area contributed by atoms with Crippen molar-refractivity contribution in [2.45, 2.75) is 26.2 Å². The fraction of sp³-hybridized carbons (Fsp3) is 0.471. The quantitative estimate of drug-likeness (QED) is 0.771. The van der Waals surface area contributed by atoms with Crippen LogP contribution in [0.2, 0.25) is 0 Å². The summed E-state index contributed by atoms with van der Waals surface area (Å²) in [6.07, 6.45) is 7.14. The maximum atomic E-state index is 12.2. The molecule has 0 fully saturated rings. The Labute approximate surface area is 121 Å². The molecule has 0 N–H and O–H groups in total. The molecule has 1 unspecified atom stereocenters. The summed E-state index contributed by atoms with van der Waals surface area (Å²) in [7, 11) is 1.86. The third-order valence-electron chi connectivity index (χ3n) is 3.77. The molecule has 0 radical (unpaired) electrons. The van der Waals surface area contributed by atoms with Crippen molar-refractivity contribution in [2.24, 2.45) is 5.92 Å². The molecule has 1 aliphatic rings. The van der Waals surface area contributed by atoms with Gasteiger partial charge in [0.15, 0.2) is 0 Å². The monoisotopic (exact) mass is 273 g/mol. The van der Waals surface area contributed by atoms with Gasteiger partial charge in [-0.1, -0.05) is 30.4 Å². The third-order valence-corrected chi connectivity index (χ3v) is 3.77. The summed E-state index contributed by atoms with van der Waals surface area (Å²) in [5.41, 5.74) is 1.12. The van der Waals surface area contributed by atoms with Gasteiger partial charge in [-0.05, 0) is 37.8 Å². The molecule has 0 spiro atoms. The number of amides is 1. The number of para-hydroxylation sites is 1. The minimum absolute atomic E-state index is 0.156. The van der Waals surface area contributed by atoms with Gasteiger partial charge in [-0.25, -0.2) is 0 Å². The van der Waals surface area contributed by atoms with Crippen LogP contribution in [0.1, 0.15) is 24.8 Å². The van der Waals surface area contributed by atoms with Gasteiger partial charge < -0.3 is 9.64 Å². The zero-order valence-electron chi connectivity index (χ0n) is 12.3. The van der Waals surface area contributed by atoms with E-state index in [4.69, 9.17) is 4.74 Å². The molecule has 1 aromatic carbocycles. The highest BCUT2D eigenvalue weighted by Crippen LogP contribution is 2.20. The predicted octanol–water partition coefficient (Wildman–Crippen LogP) is 3.19. The Bertz CT molecular complexity index is 482. The van der Waals surface area contributed by atoms with E-state index in [1.165, 1.54) is 0 Å². The first kappa shape index (κ1) is 14.6. The summed E-state index contributed by atoms with van der Waals surface area (Å²) in [6.45, 7) is 3.20. The summed E-state index contributed by atoms with van der Waals surface area (Å²) in [5.74, 6) is 1.29. The fourth-order valence-electron chi connectivity index (χ4n) is 2.45. The predicted molar refractivity (Wildman–Crippen MR) is 80.8 cm³/mol. The molecule has 3 heteroatoms. The molecule has 1 aliphatic carbocycles. The summed E-state index contributed by atoms with van der Waals surface area (Å²) in [4.78, 5) is 14.0. The highest BCUT2D eigenvalue weighted by molar-refractivity contribution is 5.78. The topological polar surface area (TPSA) is 29.5 Å². The van der Waals surface area contributed by atoms with Crippen LogP contribution in [0.3, 0.4) is 0 Å². The highest BCUT2D eigenvalue weighted by Gasteiger charge is 2.21. The molecule has 1 atom stereocenters. The molecule has 1 aromatic rings. The van der Waals surface area contributed by atoms with E-state index >= 15 is 0 Å². The summed E-state index contributed by atoms with van der Waals surface area (Å²) in [6, 6.07) is 7.95. The lowest BCUT2D eigenvalue weighted by Crippen LogP contribution is -2.36. The third kappa shape index (κ3) is 3.86. The lowest BCUT2D eigenvalue weighted by Gasteiger charge is -2.24. The van der Waals surface area contributed by atoms with Gasteiger partial charge in [-0.15, -0.1) is 0 Å². The molecule has 0 aromatic heterocycles. The Hall–Kier alpha value is -1.77. The van der Waals surface area contributed by atoms with Gasteiger partial charge in [0.25, 0.3) is 0 Å². The molecule has 0 saturated carbocycles. The van der Waals surface area contributed by atoms with E-state index in [-0.39, 0.29) is 11.8 Å². The molecule has 0 heterocycles. The smallest absolute Gasteiger partial charge is 0.225 e. The minimum Gasteiger partial charge on any atom is -0.491 e. The number of carbonyl (C=O) groups is 1. The minimum atomic E-state index is 0.156. The molecule has 108 valence electrons. The number of aryl methyl sites for hydroxylation is 1. The van der Waals surface area contributed by atoms with Gasteiger partial charge in [-0.2, -0.15) is 0 Å². The number of allylic oxidation sites excluding steroid dienone is 2. The number of rotatable bonds is 5. The molecule has 0 aliphatic heterocycles. The zero-order chi connectivity index (χ0) is 14.4. The molecule has 0 bridgehead atoms. The van der Waals surface area contributed by atoms with E-state index in [1.807, 2.05) is 38.2 Å². The second-order valence-corrected chi connectivity index (χ2v) is 5.36. The zero-order valence-corrected chi connectivity index (χ0v) is 12.3. The van der Waals surface area contributed by atoms with Crippen LogP contribution in [0.15, 0.2) is 36.4 Å². The van der Waals surface area contributed by atoms with Crippen LogP contribution < -0.4 is 4.74 Å². The largest absolute Gasteiger partial charge is 0.491 e. The molecule has 3 nitrogen and oxygen atoms in total. The Morgan fingerprint density at radius 2 is 2.15 bits per heavy atom. The maximum absolute atomic E-state index is 12.2. The second-order valence-electron chi connectivity index (χ2n) is 5.36. The van der Waals surface area contributed by atoms with E-state index in [9.17, 15) is 4.79 Å². The lowest BCUT2D eigenvalue weighted by atomic mass is 9.93. The standard InChI is InChI=1S/C17H23NO2/c1-14-8-6-7-11-16(14)20-13-12-18(2)17(19)15-9-4-3-5-10-15/h3-4,6-8,11,15H,5,9-10,12-13H2,1-2H3. The van der Waals surface area contributed by atoms with Gasteiger partial charge >= 0.3 is 0 Å². The molecule has 20 heavy (non-hydrogen) atoms. The number of benzene rings is 1. The van der Waals surface area contributed by atoms with E-state index in [0.717, 1.165) is 30.6 Å². The van der Waals surface area contributed by atoms with E-state index in [1.54, 1.807) is 4.90 Å². The first-order chi connectivity index (χ1) is 9.68. The summed E-state index contributed by atoms with van der Waals surface area (Å²) < 4.78 is 5.74. The highest BCUT2D eigenvalue weighted by atomic mass is 16.5. The second kappa shape index (κ2) is 7.13. The van der Waals surface area contributed by atoms with Gasteiger partial charge in [0.1, 0.15) is 12.4 Å². The van der Waals surface area contributed by atoms with Crippen molar-refractivity contribution in [3.05, 3.63) is 42.0 Å². The van der Waals surface area contributed by atoms with Gasteiger partial charge in [0.2, 0.25) is 5.91 Å². The van der Waals surface area contributed by atoms with Crippen molar-refractivity contribution in [1.29, 1.82) is 0 Å². The number of hydrogen-bond acceptors (Lipinski definition) is 2. The Morgan fingerprint density at radius 1 is 1.35 bits per heavy atom. The SMILES string of the molecule is Cc1ccccc1OCCN(C)C(=O)C1CC=CCC1. The van der Waals surface area contributed by atoms with Gasteiger partial charge in [0.05, 0.1) is 6.54 Å². The van der Waals surface area contributed by atoms with Crippen molar-refractivity contribution in [3.63, 3.8) is 0 Å². The Balaban J connectivity index is 1.77. The van der Waals surface area contributed by atoms with Crippen LogP contribution in [0.5, 0.6) is 5.75 Å². The number of carbonyl (C=O) groups excluding carboxylic acids is 1. The maximum Gasteiger partial charge on any atom is 0.225 e. The number of nitrogens with zero attached hydrogens (tertiary/aromatic N) is 1. The Morgan fingerprint density at radius 3 is 2.85 bits per heavy atom. The molecule has 0 saturated heterocycles. The summed E-state index contributed by atoms with van der Waals surface area (Å²) >= 11 is 0. The van der Waals surface area contributed by atoms with Crippen molar-refractivity contribution < 1.29 is 9.53 Å². The average Bonchev–Trinajstić information content (AvgIpc) is 2.49.